The van der Waals surface area contributed by atoms with Crippen molar-refractivity contribution in [1.82, 2.24) is 4.90 Å². The van der Waals surface area contributed by atoms with Gasteiger partial charge in [-0.3, -0.25) is 9.52 Å². The molecule has 0 unspecified atom stereocenters. The van der Waals surface area contributed by atoms with Crippen molar-refractivity contribution in [1.29, 1.82) is 0 Å². The lowest BCUT2D eigenvalue weighted by Gasteiger charge is -2.20. The summed E-state index contributed by atoms with van der Waals surface area (Å²) >= 11 is 0. The number of hydrogen-bond acceptors (Lipinski definition) is 3. The Labute approximate surface area is 155 Å². The minimum absolute atomic E-state index is 0.0137. The summed E-state index contributed by atoms with van der Waals surface area (Å²) in [6.07, 6.45) is 4.42. The summed E-state index contributed by atoms with van der Waals surface area (Å²) < 4.78 is 27.4. The molecule has 1 aliphatic heterocycles. The van der Waals surface area contributed by atoms with Gasteiger partial charge in [0, 0.05) is 24.3 Å². The maximum Gasteiger partial charge on any atom is 0.261 e. The third-order valence-corrected chi connectivity index (χ3v) is 6.01. The highest BCUT2D eigenvalue weighted by Crippen LogP contribution is 2.19. The predicted molar refractivity (Wildman–Crippen MR) is 103 cm³/mol. The number of nitrogens with one attached hydrogen (secondary N) is 1. The highest BCUT2D eigenvalue weighted by Gasteiger charge is 2.18. The fourth-order valence-corrected chi connectivity index (χ4v) is 4.13. The van der Waals surface area contributed by atoms with Crippen LogP contribution in [0.25, 0.3) is 0 Å². The molecule has 0 saturated carbocycles. The van der Waals surface area contributed by atoms with E-state index in [0.717, 1.165) is 31.5 Å². The van der Waals surface area contributed by atoms with Crippen LogP contribution in [0.4, 0.5) is 5.69 Å². The molecule has 26 heavy (non-hydrogen) atoms. The molecule has 6 heteroatoms. The molecule has 2 aromatic rings. The molecule has 1 saturated heterocycles. The van der Waals surface area contributed by atoms with E-state index < -0.39 is 10.0 Å². The van der Waals surface area contributed by atoms with E-state index >= 15 is 0 Å². The Morgan fingerprint density at radius 2 is 1.46 bits per heavy atom. The molecule has 2 aromatic carbocycles. The van der Waals surface area contributed by atoms with Gasteiger partial charge >= 0.3 is 0 Å². The summed E-state index contributed by atoms with van der Waals surface area (Å²) in [6.45, 7) is 3.49. The highest BCUT2D eigenvalue weighted by atomic mass is 32.2. The van der Waals surface area contributed by atoms with Crippen molar-refractivity contribution in [3.8, 4) is 0 Å². The molecule has 0 radical (unpaired) electrons. The maximum absolute atomic E-state index is 12.6. The van der Waals surface area contributed by atoms with Gasteiger partial charge in [-0.15, -0.1) is 0 Å². The zero-order chi connectivity index (χ0) is 18.6. The van der Waals surface area contributed by atoms with E-state index in [2.05, 4.69) is 4.72 Å². The van der Waals surface area contributed by atoms with Crippen LogP contribution in [0.5, 0.6) is 0 Å². The lowest BCUT2D eigenvalue weighted by atomic mass is 10.2. The molecule has 138 valence electrons. The Morgan fingerprint density at radius 1 is 0.885 bits per heavy atom. The van der Waals surface area contributed by atoms with E-state index in [1.54, 1.807) is 48.5 Å². The molecule has 1 amide bonds. The minimum Gasteiger partial charge on any atom is -0.339 e. The Kier molecular flexibility index (Phi) is 5.61. The van der Waals surface area contributed by atoms with E-state index in [0.29, 0.717) is 11.3 Å². The highest BCUT2D eigenvalue weighted by molar-refractivity contribution is 7.92. The molecule has 3 rings (SSSR count). The molecule has 0 bridgehead atoms. The monoisotopic (exact) mass is 372 g/mol. The van der Waals surface area contributed by atoms with Crippen LogP contribution in [0.3, 0.4) is 0 Å². The van der Waals surface area contributed by atoms with Crippen LogP contribution in [-0.2, 0) is 10.0 Å². The molecule has 5 nitrogen and oxygen atoms in total. The molecule has 1 N–H and O–H groups in total. The smallest absolute Gasteiger partial charge is 0.261 e. The minimum atomic E-state index is -3.63. The number of anilines is 1. The van der Waals surface area contributed by atoms with Crippen molar-refractivity contribution < 1.29 is 13.2 Å². The summed E-state index contributed by atoms with van der Waals surface area (Å²) in [5.74, 6) is 0.0137. The van der Waals surface area contributed by atoms with Gasteiger partial charge in [0.1, 0.15) is 0 Å². The van der Waals surface area contributed by atoms with Gasteiger partial charge in [0.15, 0.2) is 0 Å². The molecule has 0 aliphatic carbocycles. The van der Waals surface area contributed by atoms with E-state index in [1.165, 1.54) is 12.8 Å². The first-order chi connectivity index (χ1) is 12.5. The molecule has 0 atom stereocenters. The number of likely N-dealkylation sites (tertiary alicyclic amines) is 1. The first-order valence-electron chi connectivity index (χ1n) is 8.94. The first-order valence-corrected chi connectivity index (χ1v) is 10.4. The van der Waals surface area contributed by atoms with Gasteiger partial charge in [-0.2, -0.15) is 0 Å². The van der Waals surface area contributed by atoms with Crippen molar-refractivity contribution in [2.24, 2.45) is 0 Å². The fraction of sp³-hybridized carbons (Fsp3) is 0.350. The quantitative estimate of drug-likeness (QED) is 0.887. The average Bonchev–Trinajstić information content (AvgIpc) is 2.91. The lowest BCUT2D eigenvalue weighted by Crippen LogP contribution is -2.31. The van der Waals surface area contributed by atoms with Crippen LogP contribution in [0.15, 0.2) is 53.4 Å². The molecule has 0 spiro atoms. The summed E-state index contributed by atoms with van der Waals surface area (Å²) in [4.78, 5) is 14.7. The zero-order valence-electron chi connectivity index (χ0n) is 14.9. The van der Waals surface area contributed by atoms with Gasteiger partial charge < -0.3 is 4.90 Å². The molecule has 1 heterocycles. The van der Waals surface area contributed by atoms with Crippen molar-refractivity contribution >= 4 is 21.6 Å². The summed E-state index contributed by atoms with van der Waals surface area (Å²) in [5, 5.41) is 0. The van der Waals surface area contributed by atoms with E-state index in [1.807, 2.05) is 11.8 Å². The zero-order valence-corrected chi connectivity index (χ0v) is 15.8. The standard InChI is InChI=1S/C20H24N2O3S/c1-16-6-12-19(13-7-16)26(24,25)21-18-10-8-17(9-11-18)20(23)22-14-4-2-3-5-15-22/h6-13,21H,2-5,14-15H2,1H3. The van der Waals surface area contributed by atoms with Crippen LogP contribution in [0, 0.1) is 6.92 Å². The summed E-state index contributed by atoms with van der Waals surface area (Å²) in [7, 11) is -3.63. The lowest BCUT2D eigenvalue weighted by molar-refractivity contribution is 0.0761. The molecule has 1 fully saturated rings. The third-order valence-electron chi connectivity index (χ3n) is 4.61. The second kappa shape index (κ2) is 7.91. The van der Waals surface area contributed by atoms with Crippen molar-refractivity contribution in [2.45, 2.75) is 37.5 Å². The van der Waals surface area contributed by atoms with Gasteiger partial charge in [-0.1, -0.05) is 30.5 Å². The van der Waals surface area contributed by atoms with Gasteiger partial charge in [0.05, 0.1) is 4.90 Å². The van der Waals surface area contributed by atoms with E-state index in [4.69, 9.17) is 0 Å². The number of nitrogens with zero attached hydrogens (tertiary/aromatic N) is 1. The van der Waals surface area contributed by atoms with Crippen molar-refractivity contribution in [3.05, 3.63) is 59.7 Å². The fourth-order valence-electron chi connectivity index (χ4n) is 3.07. The number of carbonyl (C=O) groups is 1. The third kappa shape index (κ3) is 4.43. The number of sulfonamides is 1. The number of benzene rings is 2. The number of carbonyl (C=O) groups excluding carboxylic acids is 1. The Balaban J connectivity index is 1.71. The largest absolute Gasteiger partial charge is 0.339 e. The second-order valence-corrected chi connectivity index (χ2v) is 8.38. The normalized spacial score (nSPS) is 15.3. The average molecular weight is 372 g/mol. The molecule has 1 aliphatic rings. The Bertz CT molecular complexity index is 851. The maximum atomic E-state index is 12.6. The number of amides is 1. The Morgan fingerprint density at radius 3 is 2.04 bits per heavy atom. The van der Waals surface area contributed by atoms with Gasteiger partial charge in [-0.05, 0) is 56.2 Å². The number of hydrogen-bond donors (Lipinski definition) is 1. The van der Waals surface area contributed by atoms with Crippen LogP contribution < -0.4 is 4.72 Å². The predicted octanol–water partition coefficient (Wildman–Crippen LogP) is 3.81. The van der Waals surface area contributed by atoms with Crippen LogP contribution in [0.2, 0.25) is 0 Å². The van der Waals surface area contributed by atoms with E-state index in [9.17, 15) is 13.2 Å². The topological polar surface area (TPSA) is 66.5 Å². The Hall–Kier alpha value is -2.34. The second-order valence-electron chi connectivity index (χ2n) is 6.70. The van der Waals surface area contributed by atoms with Crippen molar-refractivity contribution in [2.75, 3.05) is 17.8 Å². The first kappa shape index (κ1) is 18.5. The number of rotatable bonds is 4. The number of aryl methyl sites for hydroxylation is 1. The van der Waals surface area contributed by atoms with Gasteiger partial charge in [0.2, 0.25) is 0 Å². The molecule has 0 aromatic heterocycles. The summed E-state index contributed by atoms with van der Waals surface area (Å²) in [6, 6.07) is 13.3. The van der Waals surface area contributed by atoms with E-state index in [-0.39, 0.29) is 10.8 Å². The SMILES string of the molecule is Cc1ccc(S(=O)(=O)Nc2ccc(C(=O)N3CCCCCC3)cc2)cc1. The summed E-state index contributed by atoms with van der Waals surface area (Å²) in [5.41, 5.74) is 2.03. The molecular weight excluding hydrogens is 348 g/mol. The van der Waals surface area contributed by atoms with Crippen LogP contribution in [-0.4, -0.2) is 32.3 Å². The van der Waals surface area contributed by atoms with Gasteiger partial charge in [-0.25, -0.2) is 8.42 Å². The molecular formula is C20H24N2O3S. The van der Waals surface area contributed by atoms with Crippen molar-refractivity contribution in [3.63, 3.8) is 0 Å². The van der Waals surface area contributed by atoms with Crippen LogP contribution in [0.1, 0.15) is 41.6 Å². The van der Waals surface area contributed by atoms with Crippen LogP contribution >= 0.6 is 0 Å². The van der Waals surface area contributed by atoms with Gasteiger partial charge in [0.25, 0.3) is 15.9 Å².